The highest BCUT2D eigenvalue weighted by molar-refractivity contribution is 5.79. The summed E-state index contributed by atoms with van der Waals surface area (Å²) in [5.74, 6) is 1.07. The third-order valence-corrected chi connectivity index (χ3v) is 3.35. The average molecular weight is 311 g/mol. The van der Waals surface area contributed by atoms with Crippen molar-refractivity contribution in [2.24, 2.45) is 0 Å². The van der Waals surface area contributed by atoms with E-state index in [2.05, 4.69) is 15.2 Å². The van der Waals surface area contributed by atoms with Gasteiger partial charge >= 0.3 is 0 Å². The van der Waals surface area contributed by atoms with Crippen molar-refractivity contribution < 1.29 is 9.15 Å². The molecule has 8 heteroatoms. The van der Waals surface area contributed by atoms with E-state index in [4.69, 9.17) is 14.4 Å². The largest absolute Gasteiger partial charge is 0.480 e. The molecule has 116 valence electrons. The second-order valence-corrected chi connectivity index (χ2v) is 4.78. The molecule has 3 heterocycles. The van der Waals surface area contributed by atoms with Gasteiger partial charge in [0.15, 0.2) is 0 Å². The smallest absolute Gasteiger partial charge is 0.260 e. The number of fused-ring (bicyclic) bond motifs is 1. The molecule has 8 nitrogen and oxygen atoms in total. The van der Waals surface area contributed by atoms with E-state index in [-0.39, 0.29) is 23.5 Å². The fourth-order valence-corrected chi connectivity index (χ4v) is 2.19. The maximum absolute atomic E-state index is 12.6. The number of methoxy groups -OCH3 is 1. The van der Waals surface area contributed by atoms with Crippen molar-refractivity contribution in [3.63, 3.8) is 0 Å². The molecular formula is C15H13N5O3. The Bertz CT molecular complexity index is 967. The number of aromatic nitrogens is 4. The fraction of sp³-hybridized carbons (Fsp3) is 0.267. The van der Waals surface area contributed by atoms with Gasteiger partial charge in [0.1, 0.15) is 18.2 Å². The van der Waals surface area contributed by atoms with Gasteiger partial charge in [-0.25, -0.2) is 4.98 Å². The van der Waals surface area contributed by atoms with Crippen LogP contribution in [0.1, 0.15) is 24.3 Å². The summed E-state index contributed by atoms with van der Waals surface area (Å²) in [7, 11) is 1.43. The molecule has 0 unspecified atom stereocenters. The highest BCUT2D eigenvalue weighted by atomic mass is 16.5. The molecule has 0 aliphatic heterocycles. The Balaban J connectivity index is 2.07. The molecule has 3 aromatic heterocycles. The molecule has 0 aliphatic rings. The van der Waals surface area contributed by atoms with Crippen molar-refractivity contribution in [3.8, 4) is 11.9 Å². The molecule has 3 aromatic rings. The van der Waals surface area contributed by atoms with Crippen LogP contribution in [0.5, 0.6) is 5.88 Å². The van der Waals surface area contributed by atoms with Crippen LogP contribution in [0.4, 0.5) is 0 Å². The topological polar surface area (TPSA) is 107 Å². The second kappa shape index (κ2) is 5.88. The first-order chi connectivity index (χ1) is 11.2. The summed E-state index contributed by atoms with van der Waals surface area (Å²) < 4.78 is 11.9. The SMILES string of the molecule is CCc1nnc(Cn2ccc3nc(OC)c(C#N)cc3c2=O)o1. The zero-order chi connectivity index (χ0) is 16.4. The van der Waals surface area contributed by atoms with Crippen LogP contribution in [0, 0.1) is 11.3 Å². The molecule has 0 atom stereocenters. The molecule has 0 saturated heterocycles. The summed E-state index contributed by atoms with van der Waals surface area (Å²) in [4.78, 5) is 16.7. The normalized spacial score (nSPS) is 10.7. The van der Waals surface area contributed by atoms with E-state index in [1.165, 1.54) is 17.7 Å². The van der Waals surface area contributed by atoms with Crippen molar-refractivity contribution in [2.75, 3.05) is 7.11 Å². The van der Waals surface area contributed by atoms with E-state index in [1.54, 1.807) is 12.3 Å². The summed E-state index contributed by atoms with van der Waals surface area (Å²) in [5, 5.41) is 17.2. The lowest BCUT2D eigenvalue weighted by Crippen LogP contribution is -2.20. The monoisotopic (exact) mass is 311 g/mol. The van der Waals surface area contributed by atoms with Crippen LogP contribution in [0.2, 0.25) is 0 Å². The van der Waals surface area contributed by atoms with Crippen LogP contribution in [-0.2, 0) is 13.0 Å². The van der Waals surface area contributed by atoms with Gasteiger partial charge in [-0.3, -0.25) is 4.79 Å². The van der Waals surface area contributed by atoms with Crippen molar-refractivity contribution in [2.45, 2.75) is 19.9 Å². The number of rotatable bonds is 4. The van der Waals surface area contributed by atoms with Gasteiger partial charge in [0.25, 0.3) is 5.56 Å². The van der Waals surface area contributed by atoms with Gasteiger partial charge < -0.3 is 13.7 Å². The summed E-state index contributed by atoms with van der Waals surface area (Å²) in [6.45, 7) is 2.07. The van der Waals surface area contributed by atoms with E-state index >= 15 is 0 Å². The minimum absolute atomic E-state index is 0.162. The first kappa shape index (κ1) is 14.7. The van der Waals surface area contributed by atoms with Crippen LogP contribution in [0.15, 0.2) is 27.5 Å². The lowest BCUT2D eigenvalue weighted by atomic mass is 10.2. The number of nitrogens with zero attached hydrogens (tertiary/aromatic N) is 5. The van der Waals surface area contributed by atoms with Gasteiger partial charge in [-0.05, 0) is 12.1 Å². The van der Waals surface area contributed by atoms with Gasteiger partial charge in [-0.15, -0.1) is 10.2 Å². The molecule has 0 N–H and O–H groups in total. The quantitative estimate of drug-likeness (QED) is 0.714. The Morgan fingerprint density at radius 3 is 2.83 bits per heavy atom. The molecule has 23 heavy (non-hydrogen) atoms. The minimum Gasteiger partial charge on any atom is -0.480 e. The van der Waals surface area contributed by atoms with Crippen LogP contribution in [0.3, 0.4) is 0 Å². The third-order valence-electron chi connectivity index (χ3n) is 3.35. The van der Waals surface area contributed by atoms with Crippen LogP contribution >= 0.6 is 0 Å². The number of ether oxygens (including phenoxy) is 1. The molecule has 0 radical (unpaired) electrons. The summed E-state index contributed by atoms with van der Waals surface area (Å²) in [6.07, 6.45) is 2.23. The average Bonchev–Trinajstić information content (AvgIpc) is 3.04. The van der Waals surface area contributed by atoms with Crippen LogP contribution < -0.4 is 10.3 Å². The third kappa shape index (κ3) is 2.64. The van der Waals surface area contributed by atoms with E-state index in [0.29, 0.717) is 29.1 Å². The zero-order valence-electron chi connectivity index (χ0n) is 12.6. The molecule has 0 fully saturated rings. The van der Waals surface area contributed by atoms with Gasteiger partial charge in [-0.2, -0.15) is 5.26 Å². The molecule has 3 rings (SSSR count). The maximum atomic E-state index is 12.6. The van der Waals surface area contributed by atoms with Gasteiger partial charge in [0.2, 0.25) is 17.7 Å². The number of hydrogen-bond donors (Lipinski definition) is 0. The van der Waals surface area contributed by atoms with E-state index in [0.717, 1.165) is 0 Å². The lowest BCUT2D eigenvalue weighted by Gasteiger charge is -2.07. The maximum Gasteiger partial charge on any atom is 0.260 e. The molecule has 0 aromatic carbocycles. The highest BCUT2D eigenvalue weighted by Gasteiger charge is 2.12. The zero-order valence-corrected chi connectivity index (χ0v) is 12.6. The number of aryl methyl sites for hydroxylation is 1. The Labute approximate surface area is 131 Å². The Hall–Kier alpha value is -3.21. The number of hydrogen-bond acceptors (Lipinski definition) is 7. The predicted octanol–water partition coefficient (Wildman–Crippen LogP) is 1.27. The van der Waals surface area contributed by atoms with Crippen molar-refractivity contribution in [3.05, 3.63) is 46.0 Å². The Morgan fingerprint density at radius 2 is 2.17 bits per heavy atom. The first-order valence-corrected chi connectivity index (χ1v) is 6.95. The van der Waals surface area contributed by atoms with Crippen LogP contribution in [-0.4, -0.2) is 26.9 Å². The molecule has 0 aliphatic carbocycles. The van der Waals surface area contributed by atoms with Gasteiger partial charge in [0.05, 0.1) is 18.0 Å². The molecule has 0 saturated carbocycles. The minimum atomic E-state index is -0.287. The van der Waals surface area contributed by atoms with Crippen molar-refractivity contribution in [1.82, 2.24) is 19.7 Å². The van der Waals surface area contributed by atoms with E-state index < -0.39 is 0 Å². The van der Waals surface area contributed by atoms with Crippen LogP contribution in [0.25, 0.3) is 10.9 Å². The fourth-order valence-electron chi connectivity index (χ4n) is 2.19. The van der Waals surface area contributed by atoms with E-state index in [1.807, 2.05) is 13.0 Å². The molecule has 0 bridgehead atoms. The summed E-state index contributed by atoms with van der Waals surface area (Å²) in [5.41, 5.74) is 0.383. The first-order valence-electron chi connectivity index (χ1n) is 6.95. The standard InChI is InChI=1S/C15H13N5O3/c1-3-12-18-19-13(23-12)8-20-5-4-11-10(15(20)21)6-9(7-16)14(17-11)22-2/h4-6H,3,8H2,1-2H3. The molecule has 0 amide bonds. The lowest BCUT2D eigenvalue weighted by molar-refractivity contribution is 0.398. The second-order valence-electron chi connectivity index (χ2n) is 4.78. The highest BCUT2D eigenvalue weighted by Crippen LogP contribution is 2.19. The van der Waals surface area contributed by atoms with E-state index in [9.17, 15) is 4.79 Å². The summed E-state index contributed by atoms with van der Waals surface area (Å²) >= 11 is 0. The number of nitriles is 1. The molecule has 0 spiro atoms. The van der Waals surface area contributed by atoms with Gasteiger partial charge in [-0.1, -0.05) is 6.92 Å². The van der Waals surface area contributed by atoms with Crippen molar-refractivity contribution >= 4 is 10.9 Å². The Morgan fingerprint density at radius 1 is 1.39 bits per heavy atom. The number of pyridine rings is 2. The Kier molecular flexibility index (Phi) is 3.76. The predicted molar refractivity (Wildman–Crippen MR) is 80.0 cm³/mol. The van der Waals surface area contributed by atoms with Gasteiger partial charge in [0, 0.05) is 12.6 Å². The van der Waals surface area contributed by atoms with Crippen molar-refractivity contribution in [1.29, 1.82) is 5.26 Å². The summed E-state index contributed by atoms with van der Waals surface area (Å²) in [6, 6.07) is 5.12. The molecular weight excluding hydrogens is 298 g/mol.